The molecular formula is C26H20Br2N2O3. The maximum absolute atomic E-state index is 12.4. The first-order valence-corrected chi connectivity index (χ1v) is 11.7. The zero-order valence-electron chi connectivity index (χ0n) is 17.6. The fraction of sp³-hybridized carbons (Fsp3) is 0.0769. The quantitative estimate of drug-likeness (QED) is 0.141. The number of furan rings is 1. The molecule has 1 aromatic heterocycles. The molecule has 0 aliphatic carbocycles. The molecule has 33 heavy (non-hydrogen) atoms. The van der Waals surface area contributed by atoms with Crippen molar-refractivity contribution in [3.05, 3.63) is 111 Å². The predicted molar refractivity (Wildman–Crippen MR) is 138 cm³/mol. The topological polar surface area (TPSA) is 63.8 Å². The number of hydrazone groups is 1. The van der Waals surface area contributed by atoms with E-state index in [1.165, 1.54) is 0 Å². The second kappa shape index (κ2) is 10.6. The fourth-order valence-corrected chi connectivity index (χ4v) is 4.31. The molecule has 0 bridgehead atoms. The highest BCUT2D eigenvalue weighted by Gasteiger charge is 2.13. The number of carbonyl (C=O) groups is 1. The van der Waals surface area contributed by atoms with Gasteiger partial charge in [0.05, 0.1) is 10.7 Å². The van der Waals surface area contributed by atoms with Gasteiger partial charge in [-0.25, -0.2) is 5.43 Å². The molecule has 0 saturated heterocycles. The van der Waals surface area contributed by atoms with Gasteiger partial charge in [0.1, 0.15) is 17.9 Å². The molecule has 4 aromatic rings. The van der Waals surface area contributed by atoms with E-state index in [0.29, 0.717) is 18.6 Å². The van der Waals surface area contributed by atoms with E-state index in [-0.39, 0.29) is 5.76 Å². The number of benzene rings is 3. The van der Waals surface area contributed by atoms with E-state index in [1.54, 1.807) is 18.3 Å². The Balaban J connectivity index is 1.47. The van der Waals surface area contributed by atoms with Crippen molar-refractivity contribution in [3.63, 3.8) is 0 Å². The molecular weight excluding hydrogens is 548 g/mol. The van der Waals surface area contributed by atoms with E-state index in [9.17, 15) is 4.79 Å². The molecule has 0 unspecified atom stereocenters. The van der Waals surface area contributed by atoms with Crippen molar-refractivity contribution >= 4 is 55.0 Å². The third-order valence-electron chi connectivity index (χ3n) is 4.81. The summed E-state index contributed by atoms with van der Waals surface area (Å²) in [5, 5.41) is 4.93. The van der Waals surface area contributed by atoms with Crippen LogP contribution in [0, 0.1) is 0 Å². The van der Waals surface area contributed by atoms with E-state index in [4.69, 9.17) is 9.15 Å². The number of nitrogens with one attached hydrogen (secondary N) is 1. The van der Waals surface area contributed by atoms with E-state index in [0.717, 1.165) is 36.8 Å². The molecule has 4 rings (SSSR count). The third-order valence-corrected chi connectivity index (χ3v) is 5.90. The maximum Gasteiger partial charge on any atom is 0.307 e. The molecule has 0 atom stereocenters. The van der Waals surface area contributed by atoms with Gasteiger partial charge < -0.3 is 9.15 Å². The van der Waals surface area contributed by atoms with Gasteiger partial charge in [-0.1, -0.05) is 52.3 Å². The van der Waals surface area contributed by atoms with Gasteiger partial charge in [-0.3, -0.25) is 4.79 Å². The summed E-state index contributed by atoms with van der Waals surface area (Å²) >= 11 is 7.01. The predicted octanol–water partition coefficient (Wildman–Crippen LogP) is 7.03. The van der Waals surface area contributed by atoms with Gasteiger partial charge in [0.2, 0.25) is 0 Å². The summed E-state index contributed by atoms with van der Waals surface area (Å²) in [6, 6.07) is 21.1. The van der Waals surface area contributed by atoms with Gasteiger partial charge in [-0.2, -0.15) is 5.10 Å². The molecule has 0 saturated carbocycles. The Morgan fingerprint density at radius 1 is 1.09 bits per heavy atom. The van der Waals surface area contributed by atoms with Crippen molar-refractivity contribution in [1.29, 1.82) is 0 Å². The Bertz CT molecular complexity index is 1330. The highest BCUT2D eigenvalue weighted by Crippen LogP contribution is 2.32. The lowest BCUT2D eigenvalue weighted by molar-refractivity contribution is 0.0929. The fourth-order valence-electron chi connectivity index (χ4n) is 3.29. The van der Waals surface area contributed by atoms with Crippen LogP contribution in [0.1, 0.15) is 27.2 Å². The lowest BCUT2D eigenvalue weighted by Crippen LogP contribution is -2.16. The van der Waals surface area contributed by atoms with Gasteiger partial charge in [0, 0.05) is 9.86 Å². The average Bonchev–Trinajstić information content (AvgIpc) is 3.23. The number of allylic oxidation sites excluding steroid dienone is 1. The van der Waals surface area contributed by atoms with Gasteiger partial charge in [-0.05, 0) is 75.4 Å². The standard InChI is InChI=1S/C26H20Br2N2O3/c1-2-6-19-11-18(12-22(28)25(19)32-16-17-7-4-3-5-8-17)15-29-30-26(31)24-14-20-13-21(27)9-10-23(20)33-24/h2-5,7-15H,1,6,16H2,(H,30,31)/b29-15+. The zero-order chi connectivity index (χ0) is 23.2. The third kappa shape index (κ3) is 5.80. The van der Waals surface area contributed by atoms with Gasteiger partial charge in [0.25, 0.3) is 0 Å². The maximum atomic E-state index is 12.4. The van der Waals surface area contributed by atoms with Crippen LogP contribution in [0.3, 0.4) is 0 Å². The van der Waals surface area contributed by atoms with E-state index in [1.807, 2.05) is 60.7 Å². The minimum absolute atomic E-state index is 0.193. The molecule has 0 radical (unpaired) electrons. The summed E-state index contributed by atoms with van der Waals surface area (Å²) < 4.78 is 13.4. The van der Waals surface area contributed by atoms with Gasteiger partial charge in [0.15, 0.2) is 5.76 Å². The molecule has 0 fully saturated rings. The highest BCUT2D eigenvalue weighted by atomic mass is 79.9. The van der Waals surface area contributed by atoms with Crippen LogP contribution in [0.2, 0.25) is 0 Å². The molecule has 0 aliphatic heterocycles. The van der Waals surface area contributed by atoms with Crippen LogP contribution in [0.5, 0.6) is 5.75 Å². The first-order chi connectivity index (χ1) is 16.0. The molecule has 0 aliphatic rings. The smallest absolute Gasteiger partial charge is 0.307 e. The van der Waals surface area contributed by atoms with Crippen molar-refractivity contribution in [2.45, 2.75) is 13.0 Å². The number of hydrogen-bond acceptors (Lipinski definition) is 4. The van der Waals surface area contributed by atoms with Crippen molar-refractivity contribution in [2.24, 2.45) is 5.10 Å². The molecule has 166 valence electrons. The summed E-state index contributed by atoms with van der Waals surface area (Å²) in [6.07, 6.45) is 4.03. The Morgan fingerprint density at radius 3 is 2.70 bits per heavy atom. The first kappa shape index (κ1) is 23.0. The molecule has 1 heterocycles. The summed E-state index contributed by atoms with van der Waals surface area (Å²) in [7, 11) is 0. The normalized spacial score (nSPS) is 11.1. The van der Waals surface area contributed by atoms with Crippen LogP contribution in [0.15, 0.2) is 97.8 Å². The molecule has 1 amide bonds. The number of halogens is 2. The van der Waals surface area contributed by atoms with Gasteiger partial charge in [-0.15, -0.1) is 6.58 Å². The van der Waals surface area contributed by atoms with Crippen LogP contribution in [0.4, 0.5) is 0 Å². The van der Waals surface area contributed by atoms with E-state index in [2.05, 4.69) is 49.0 Å². The van der Waals surface area contributed by atoms with Crippen LogP contribution in [0.25, 0.3) is 11.0 Å². The summed E-state index contributed by atoms with van der Waals surface area (Å²) in [5.41, 5.74) is 6.00. The minimum atomic E-state index is -0.424. The zero-order valence-corrected chi connectivity index (χ0v) is 20.7. The lowest BCUT2D eigenvalue weighted by atomic mass is 10.1. The highest BCUT2D eigenvalue weighted by molar-refractivity contribution is 9.10. The van der Waals surface area contributed by atoms with Crippen molar-refractivity contribution in [2.75, 3.05) is 0 Å². The Kier molecular flexibility index (Phi) is 7.42. The van der Waals surface area contributed by atoms with Crippen molar-refractivity contribution in [3.8, 4) is 5.75 Å². The molecule has 3 aromatic carbocycles. The second-order valence-corrected chi connectivity index (χ2v) is 9.02. The number of fused-ring (bicyclic) bond motifs is 1. The summed E-state index contributed by atoms with van der Waals surface area (Å²) in [5.74, 6) is 0.526. The van der Waals surface area contributed by atoms with E-state index < -0.39 is 5.91 Å². The Labute approximate surface area is 208 Å². The molecule has 1 N–H and O–H groups in total. The second-order valence-electron chi connectivity index (χ2n) is 7.25. The van der Waals surface area contributed by atoms with Crippen LogP contribution in [-0.4, -0.2) is 12.1 Å². The van der Waals surface area contributed by atoms with Crippen LogP contribution < -0.4 is 10.2 Å². The molecule has 5 nitrogen and oxygen atoms in total. The summed E-state index contributed by atoms with van der Waals surface area (Å²) in [6.45, 7) is 4.30. The SMILES string of the molecule is C=CCc1cc(/C=N/NC(=O)c2cc3cc(Br)ccc3o2)cc(Br)c1OCc1ccccc1. The minimum Gasteiger partial charge on any atom is -0.487 e. The van der Waals surface area contributed by atoms with Crippen molar-refractivity contribution < 1.29 is 13.9 Å². The lowest BCUT2D eigenvalue weighted by Gasteiger charge is -2.14. The average molecular weight is 568 g/mol. The number of rotatable bonds is 8. The first-order valence-electron chi connectivity index (χ1n) is 10.2. The number of amides is 1. The molecule has 0 spiro atoms. The Morgan fingerprint density at radius 2 is 1.91 bits per heavy atom. The number of nitrogens with zero attached hydrogens (tertiary/aromatic N) is 1. The largest absolute Gasteiger partial charge is 0.487 e. The number of hydrogen-bond donors (Lipinski definition) is 1. The number of carbonyl (C=O) groups excluding carboxylic acids is 1. The Hall–Kier alpha value is -3.16. The summed E-state index contributed by atoms with van der Waals surface area (Å²) in [4.78, 5) is 12.4. The molecule has 7 heteroatoms. The van der Waals surface area contributed by atoms with E-state index >= 15 is 0 Å². The monoisotopic (exact) mass is 566 g/mol. The van der Waals surface area contributed by atoms with Crippen LogP contribution in [-0.2, 0) is 13.0 Å². The van der Waals surface area contributed by atoms with Gasteiger partial charge >= 0.3 is 5.91 Å². The number of ether oxygens (including phenoxy) is 1. The van der Waals surface area contributed by atoms with Crippen LogP contribution >= 0.6 is 31.9 Å². The van der Waals surface area contributed by atoms with Crippen molar-refractivity contribution in [1.82, 2.24) is 5.43 Å².